The van der Waals surface area contributed by atoms with E-state index < -0.39 is 11.9 Å². The molecule has 0 unspecified atom stereocenters. The molecule has 0 aromatic heterocycles. The maximum absolute atomic E-state index is 11.4. The predicted molar refractivity (Wildman–Crippen MR) is 66.2 cm³/mol. The zero-order valence-corrected chi connectivity index (χ0v) is 9.68. The zero-order chi connectivity index (χ0) is 12.8. The van der Waals surface area contributed by atoms with Crippen molar-refractivity contribution in [2.24, 2.45) is 0 Å². The fourth-order valence-corrected chi connectivity index (χ4v) is 1.29. The molecule has 0 heterocycles. The average Bonchev–Trinajstić information content (AvgIpc) is 2.27. The first-order chi connectivity index (χ1) is 8.00. The highest BCUT2D eigenvalue weighted by atomic mass is 16.4. The van der Waals surface area contributed by atoms with Crippen LogP contribution in [0.5, 0.6) is 0 Å². The average molecular weight is 234 g/mol. The summed E-state index contributed by atoms with van der Waals surface area (Å²) in [6, 6.07) is 7.26. The molecule has 5 heteroatoms. The molecule has 0 aliphatic rings. The van der Waals surface area contributed by atoms with Crippen molar-refractivity contribution in [1.29, 1.82) is 0 Å². The van der Waals surface area contributed by atoms with E-state index in [4.69, 9.17) is 5.11 Å². The van der Waals surface area contributed by atoms with Gasteiger partial charge in [-0.1, -0.05) is 12.1 Å². The number of hydrogen-bond donors (Lipinski definition) is 2. The second kappa shape index (κ2) is 5.69. The first-order valence-electron chi connectivity index (χ1n) is 4.99. The summed E-state index contributed by atoms with van der Waals surface area (Å²) in [5.41, 5.74) is 1.49. The van der Waals surface area contributed by atoms with Gasteiger partial charge in [-0.05, 0) is 12.1 Å². The third kappa shape index (κ3) is 3.98. The molecule has 0 saturated heterocycles. The topological polar surface area (TPSA) is 69.6 Å². The Morgan fingerprint density at radius 2 is 1.88 bits per heavy atom. The predicted octanol–water partition coefficient (Wildman–Crippen LogP) is 1.33. The molecule has 1 aromatic carbocycles. The number of amides is 1. The lowest BCUT2D eigenvalue weighted by molar-refractivity contribution is -0.131. The first kappa shape index (κ1) is 12.8. The normalized spacial score (nSPS) is 10.2. The maximum atomic E-state index is 11.4. The Bertz CT molecular complexity index is 453. The quantitative estimate of drug-likeness (QED) is 0.771. The van der Waals surface area contributed by atoms with Gasteiger partial charge < -0.3 is 15.3 Å². The van der Waals surface area contributed by atoms with Gasteiger partial charge in [0.2, 0.25) is 5.91 Å². The molecule has 17 heavy (non-hydrogen) atoms. The highest BCUT2D eigenvalue weighted by Gasteiger charge is 2.05. The van der Waals surface area contributed by atoms with Crippen molar-refractivity contribution in [3.8, 4) is 0 Å². The van der Waals surface area contributed by atoms with E-state index in [0.717, 1.165) is 17.8 Å². The summed E-state index contributed by atoms with van der Waals surface area (Å²) in [7, 11) is 3.72. The summed E-state index contributed by atoms with van der Waals surface area (Å²) in [5.74, 6) is -1.62. The summed E-state index contributed by atoms with van der Waals surface area (Å²) in [6.45, 7) is 0. The molecule has 0 atom stereocenters. The maximum Gasteiger partial charge on any atom is 0.328 e. The zero-order valence-electron chi connectivity index (χ0n) is 9.68. The summed E-state index contributed by atoms with van der Waals surface area (Å²) in [5, 5.41) is 11.0. The van der Waals surface area contributed by atoms with E-state index in [-0.39, 0.29) is 0 Å². The number of nitrogens with one attached hydrogen (secondary N) is 1. The molecule has 90 valence electrons. The van der Waals surface area contributed by atoms with E-state index in [2.05, 4.69) is 5.32 Å². The molecule has 1 amide bonds. The van der Waals surface area contributed by atoms with Gasteiger partial charge in [0.25, 0.3) is 0 Å². The number of carboxylic acid groups (broad SMARTS) is 1. The Hall–Kier alpha value is -2.30. The first-order valence-corrected chi connectivity index (χ1v) is 4.99. The lowest BCUT2D eigenvalue weighted by Gasteiger charge is -2.17. The van der Waals surface area contributed by atoms with Crippen molar-refractivity contribution >= 4 is 23.3 Å². The van der Waals surface area contributed by atoms with Crippen LogP contribution in [0.4, 0.5) is 11.4 Å². The van der Waals surface area contributed by atoms with Crippen LogP contribution >= 0.6 is 0 Å². The van der Waals surface area contributed by atoms with Gasteiger partial charge in [-0.3, -0.25) is 4.79 Å². The van der Waals surface area contributed by atoms with E-state index in [1.165, 1.54) is 0 Å². The molecule has 0 spiro atoms. The minimum absolute atomic E-state index is 0.471. The second-order valence-corrected chi connectivity index (χ2v) is 3.57. The van der Waals surface area contributed by atoms with Crippen molar-refractivity contribution in [2.45, 2.75) is 0 Å². The fraction of sp³-hybridized carbons (Fsp3) is 0.167. The van der Waals surface area contributed by atoms with Crippen molar-refractivity contribution in [3.63, 3.8) is 0 Å². The van der Waals surface area contributed by atoms with Crippen molar-refractivity contribution in [2.75, 3.05) is 24.3 Å². The summed E-state index contributed by atoms with van der Waals surface area (Å²) >= 11 is 0. The van der Waals surface area contributed by atoms with Gasteiger partial charge >= 0.3 is 5.97 Å². The molecule has 2 N–H and O–H groups in total. The van der Waals surface area contributed by atoms with Crippen molar-refractivity contribution in [3.05, 3.63) is 36.4 Å². The third-order valence-corrected chi connectivity index (χ3v) is 2.02. The van der Waals surface area contributed by atoms with Gasteiger partial charge in [0.15, 0.2) is 0 Å². The molecule has 0 bridgehead atoms. The van der Waals surface area contributed by atoms with Crippen LogP contribution in [-0.2, 0) is 9.59 Å². The van der Waals surface area contributed by atoms with Gasteiger partial charge in [0.05, 0.1) is 11.4 Å². The number of hydrogen-bond acceptors (Lipinski definition) is 3. The number of aliphatic carboxylic acids is 1. The Balaban J connectivity index is 2.81. The van der Waals surface area contributed by atoms with Gasteiger partial charge in [-0.25, -0.2) is 4.79 Å². The van der Waals surface area contributed by atoms with Crippen LogP contribution in [0, 0.1) is 0 Å². The SMILES string of the molecule is CN(C)c1ccccc1NC(=O)/C=C/C(=O)O. The van der Waals surface area contributed by atoms with Crippen LogP contribution in [-0.4, -0.2) is 31.1 Å². The highest BCUT2D eigenvalue weighted by molar-refractivity contribution is 6.03. The minimum atomic E-state index is -1.15. The molecular weight excluding hydrogens is 220 g/mol. The number of carbonyl (C=O) groups is 2. The largest absolute Gasteiger partial charge is 0.478 e. The number of nitrogens with zero attached hydrogens (tertiary/aromatic N) is 1. The smallest absolute Gasteiger partial charge is 0.328 e. The van der Waals surface area contributed by atoms with Crippen LogP contribution in [0.1, 0.15) is 0 Å². The van der Waals surface area contributed by atoms with E-state index in [0.29, 0.717) is 5.69 Å². The Labute approximate surface area is 99.4 Å². The van der Waals surface area contributed by atoms with Crippen LogP contribution < -0.4 is 10.2 Å². The van der Waals surface area contributed by atoms with Crippen molar-refractivity contribution in [1.82, 2.24) is 0 Å². The molecule has 0 fully saturated rings. The third-order valence-electron chi connectivity index (χ3n) is 2.02. The number of para-hydroxylation sites is 2. The van der Waals surface area contributed by atoms with E-state index in [1.54, 1.807) is 12.1 Å². The monoisotopic (exact) mass is 234 g/mol. The van der Waals surface area contributed by atoms with Crippen LogP contribution in [0.2, 0.25) is 0 Å². The Kier molecular flexibility index (Phi) is 4.28. The van der Waals surface area contributed by atoms with Gasteiger partial charge in [-0.2, -0.15) is 0 Å². The molecular formula is C12H14N2O3. The number of carbonyl (C=O) groups excluding carboxylic acids is 1. The molecule has 0 radical (unpaired) electrons. The molecule has 1 rings (SSSR count). The van der Waals surface area contributed by atoms with Gasteiger partial charge in [-0.15, -0.1) is 0 Å². The van der Waals surface area contributed by atoms with E-state index in [1.807, 2.05) is 31.1 Å². The van der Waals surface area contributed by atoms with Gasteiger partial charge in [0, 0.05) is 26.2 Å². The lowest BCUT2D eigenvalue weighted by Crippen LogP contribution is -2.15. The lowest BCUT2D eigenvalue weighted by atomic mass is 10.2. The number of carboxylic acids is 1. The Morgan fingerprint density at radius 1 is 1.24 bits per heavy atom. The molecule has 0 saturated carbocycles. The minimum Gasteiger partial charge on any atom is -0.478 e. The van der Waals surface area contributed by atoms with Crippen LogP contribution in [0.15, 0.2) is 36.4 Å². The molecule has 1 aromatic rings. The molecule has 5 nitrogen and oxygen atoms in total. The fourth-order valence-electron chi connectivity index (χ4n) is 1.29. The van der Waals surface area contributed by atoms with Crippen LogP contribution in [0.25, 0.3) is 0 Å². The van der Waals surface area contributed by atoms with E-state index in [9.17, 15) is 9.59 Å². The number of benzene rings is 1. The summed E-state index contributed by atoms with van der Waals surface area (Å²) < 4.78 is 0. The van der Waals surface area contributed by atoms with Crippen LogP contribution in [0.3, 0.4) is 0 Å². The van der Waals surface area contributed by atoms with Crippen molar-refractivity contribution < 1.29 is 14.7 Å². The number of anilines is 2. The second-order valence-electron chi connectivity index (χ2n) is 3.57. The standard InChI is InChI=1S/C12H14N2O3/c1-14(2)10-6-4-3-5-9(10)13-11(15)7-8-12(16)17/h3-8H,1-2H3,(H,13,15)(H,16,17)/b8-7+. The van der Waals surface area contributed by atoms with E-state index >= 15 is 0 Å². The molecule has 0 aliphatic heterocycles. The summed E-state index contributed by atoms with van der Waals surface area (Å²) in [6.07, 6.45) is 1.78. The highest BCUT2D eigenvalue weighted by Crippen LogP contribution is 2.23. The molecule has 0 aliphatic carbocycles. The van der Waals surface area contributed by atoms with Gasteiger partial charge in [0.1, 0.15) is 0 Å². The number of rotatable bonds is 4. The Morgan fingerprint density at radius 3 is 2.47 bits per heavy atom. The summed E-state index contributed by atoms with van der Waals surface area (Å²) in [4.78, 5) is 23.5.